The van der Waals surface area contributed by atoms with E-state index in [1.807, 2.05) is 30.3 Å². The van der Waals surface area contributed by atoms with Gasteiger partial charge in [-0.15, -0.1) is 0 Å². The van der Waals surface area contributed by atoms with Crippen molar-refractivity contribution >= 4 is 22.7 Å². The zero-order valence-electron chi connectivity index (χ0n) is 19.0. The number of carboxylic acids is 1. The lowest BCUT2D eigenvalue weighted by Crippen LogP contribution is -2.02. The molecule has 1 heterocycles. The molecule has 3 aromatic carbocycles. The summed E-state index contributed by atoms with van der Waals surface area (Å²) >= 11 is 0. The highest BCUT2D eigenvalue weighted by molar-refractivity contribution is 5.88. The van der Waals surface area contributed by atoms with Gasteiger partial charge in [0.2, 0.25) is 0 Å². The van der Waals surface area contributed by atoms with Gasteiger partial charge in [0.1, 0.15) is 11.6 Å². The number of anilines is 1. The van der Waals surface area contributed by atoms with Crippen LogP contribution in [0.25, 0.3) is 28.1 Å². The number of benzene rings is 3. The van der Waals surface area contributed by atoms with Crippen molar-refractivity contribution in [3.05, 3.63) is 71.8 Å². The van der Waals surface area contributed by atoms with Crippen molar-refractivity contribution in [2.45, 2.75) is 39.5 Å². The van der Waals surface area contributed by atoms with Crippen LogP contribution >= 0.6 is 0 Å². The van der Waals surface area contributed by atoms with E-state index >= 15 is 0 Å². The van der Waals surface area contributed by atoms with E-state index < -0.39 is 5.97 Å². The molecule has 33 heavy (non-hydrogen) atoms. The molecule has 170 valence electrons. The number of nitrogens with two attached hydrogens (primary N) is 1. The first-order valence-corrected chi connectivity index (χ1v) is 11.2. The number of aryl methyl sites for hydroxylation is 2. The van der Waals surface area contributed by atoms with Gasteiger partial charge in [-0.3, -0.25) is 9.36 Å². The predicted octanol–water partition coefficient (Wildman–Crippen LogP) is 5.92. The Bertz CT molecular complexity index is 1280. The third kappa shape index (κ3) is 5.00. The van der Waals surface area contributed by atoms with Crippen molar-refractivity contribution < 1.29 is 14.6 Å². The van der Waals surface area contributed by atoms with E-state index in [9.17, 15) is 4.79 Å². The van der Waals surface area contributed by atoms with Gasteiger partial charge >= 0.3 is 5.97 Å². The third-order valence-electron chi connectivity index (χ3n) is 5.86. The fourth-order valence-corrected chi connectivity index (χ4v) is 3.89. The topological polar surface area (TPSA) is 90.4 Å². The number of aromatic nitrogens is 2. The summed E-state index contributed by atoms with van der Waals surface area (Å²) in [7, 11) is 0. The standard InChI is InChI=1S/C27H29N3O3/c1-18-12-13-21(15-19(18)2)30-24-17-25(33-14-8-4-7-11-26(31)32)22(28)16-23(24)29-27(30)20-9-5-3-6-10-20/h3,5-6,9-10,12-13,15-17H,4,7-8,11,14,28H2,1-2H3,(H,31,32). The van der Waals surface area contributed by atoms with Crippen LogP contribution in [0.5, 0.6) is 5.75 Å². The summed E-state index contributed by atoms with van der Waals surface area (Å²) in [4.78, 5) is 15.6. The van der Waals surface area contributed by atoms with Gasteiger partial charge in [0, 0.05) is 23.7 Å². The first-order chi connectivity index (χ1) is 15.9. The molecule has 4 aromatic rings. The number of aliphatic carboxylic acids is 1. The molecule has 0 unspecified atom stereocenters. The van der Waals surface area contributed by atoms with Gasteiger partial charge in [-0.1, -0.05) is 36.4 Å². The zero-order valence-corrected chi connectivity index (χ0v) is 19.0. The van der Waals surface area contributed by atoms with E-state index in [1.54, 1.807) is 0 Å². The number of fused-ring (bicyclic) bond motifs is 1. The van der Waals surface area contributed by atoms with Gasteiger partial charge < -0.3 is 15.6 Å². The maximum Gasteiger partial charge on any atom is 0.303 e. The Balaban J connectivity index is 1.71. The summed E-state index contributed by atoms with van der Waals surface area (Å²) < 4.78 is 8.14. The molecule has 6 heteroatoms. The number of carbonyl (C=O) groups is 1. The number of nitrogen functional groups attached to an aromatic ring is 1. The fraction of sp³-hybridized carbons (Fsp3) is 0.259. The summed E-state index contributed by atoms with van der Waals surface area (Å²) in [5.74, 6) is 0.698. The average Bonchev–Trinajstić information content (AvgIpc) is 3.16. The number of hydrogen-bond acceptors (Lipinski definition) is 4. The summed E-state index contributed by atoms with van der Waals surface area (Å²) in [5, 5.41) is 8.77. The van der Waals surface area contributed by atoms with Gasteiger partial charge in [-0.25, -0.2) is 4.98 Å². The molecule has 0 aliphatic rings. The van der Waals surface area contributed by atoms with Crippen molar-refractivity contribution in [2.24, 2.45) is 0 Å². The summed E-state index contributed by atoms with van der Waals surface area (Å²) in [6, 6.07) is 20.3. The number of ether oxygens (including phenoxy) is 1. The molecule has 0 radical (unpaired) electrons. The van der Waals surface area contributed by atoms with Crippen molar-refractivity contribution in [1.82, 2.24) is 9.55 Å². The van der Waals surface area contributed by atoms with Gasteiger partial charge in [-0.2, -0.15) is 0 Å². The molecule has 0 amide bonds. The Morgan fingerprint density at radius 1 is 1.00 bits per heavy atom. The van der Waals surface area contributed by atoms with Crippen molar-refractivity contribution in [1.29, 1.82) is 0 Å². The highest BCUT2D eigenvalue weighted by Gasteiger charge is 2.17. The zero-order chi connectivity index (χ0) is 23.4. The second-order valence-corrected chi connectivity index (χ2v) is 8.34. The highest BCUT2D eigenvalue weighted by atomic mass is 16.5. The number of unbranched alkanes of at least 4 members (excludes halogenated alkanes) is 2. The minimum absolute atomic E-state index is 0.186. The number of imidazole rings is 1. The lowest BCUT2D eigenvalue weighted by Gasteiger charge is -2.13. The van der Waals surface area contributed by atoms with Gasteiger partial charge in [0.25, 0.3) is 0 Å². The predicted molar refractivity (Wildman–Crippen MR) is 132 cm³/mol. The van der Waals surface area contributed by atoms with Gasteiger partial charge in [0.15, 0.2) is 0 Å². The lowest BCUT2D eigenvalue weighted by atomic mass is 10.1. The van der Waals surface area contributed by atoms with Crippen molar-refractivity contribution in [3.63, 3.8) is 0 Å². The van der Waals surface area contributed by atoms with Gasteiger partial charge in [0.05, 0.1) is 23.3 Å². The number of rotatable bonds is 9. The van der Waals surface area contributed by atoms with E-state index in [-0.39, 0.29) is 6.42 Å². The Morgan fingerprint density at radius 3 is 2.52 bits per heavy atom. The number of carboxylic acid groups (broad SMARTS) is 1. The molecule has 1 aromatic heterocycles. The Kier molecular flexibility index (Phi) is 6.63. The van der Waals surface area contributed by atoms with Crippen LogP contribution in [0.4, 0.5) is 5.69 Å². The smallest absolute Gasteiger partial charge is 0.303 e. The quantitative estimate of drug-likeness (QED) is 0.248. The monoisotopic (exact) mass is 443 g/mol. The highest BCUT2D eigenvalue weighted by Crippen LogP contribution is 2.34. The van der Waals surface area contributed by atoms with Crippen LogP contribution in [-0.2, 0) is 4.79 Å². The van der Waals surface area contributed by atoms with Crippen molar-refractivity contribution in [3.8, 4) is 22.8 Å². The molecule has 0 spiro atoms. The maximum atomic E-state index is 10.7. The fourth-order valence-electron chi connectivity index (χ4n) is 3.89. The molecule has 0 bridgehead atoms. The molecule has 3 N–H and O–H groups in total. The molecular weight excluding hydrogens is 414 g/mol. The number of hydrogen-bond donors (Lipinski definition) is 2. The van der Waals surface area contributed by atoms with Crippen LogP contribution in [0.15, 0.2) is 60.7 Å². The molecule has 0 aliphatic carbocycles. The average molecular weight is 444 g/mol. The van der Waals surface area contributed by atoms with E-state index in [0.717, 1.165) is 41.0 Å². The van der Waals surface area contributed by atoms with Crippen LogP contribution in [0, 0.1) is 13.8 Å². The largest absolute Gasteiger partial charge is 0.491 e. The first-order valence-electron chi connectivity index (χ1n) is 11.2. The second-order valence-electron chi connectivity index (χ2n) is 8.34. The molecule has 0 atom stereocenters. The summed E-state index contributed by atoms with van der Waals surface area (Å²) in [6.45, 7) is 4.70. The molecule has 0 saturated carbocycles. The van der Waals surface area contributed by atoms with Crippen molar-refractivity contribution in [2.75, 3.05) is 12.3 Å². The lowest BCUT2D eigenvalue weighted by molar-refractivity contribution is -0.137. The minimum Gasteiger partial charge on any atom is -0.491 e. The Morgan fingerprint density at radius 2 is 1.79 bits per heavy atom. The van der Waals surface area contributed by atoms with Crippen LogP contribution in [0.1, 0.15) is 36.8 Å². The van der Waals surface area contributed by atoms with Crippen LogP contribution < -0.4 is 10.5 Å². The Hall–Kier alpha value is -3.80. The molecule has 0 saturated heterocycles. The van der Waals surface area contributed by atoms with Crippen LogP contribution in [0.2, 0.25) is 0 Å². The maximum absolute atomic E-state index is 10.7. The molecule has 6 nitrogen and oxygen atoms in total. The molecule has 0 aliphatic heterocycles. The van der Waals surface area contributed by atoms with Gasteiger partial charge in [-0.05, 0) is 62.4 Å². The van der Waals surface area contributed by atoms with E-state index in [4.69, 9.17) is 20.6 Å². The SMILES string of the molecule is Cc1ccc(-n2c(-c3ccccc3)nc3cc(N)c(OCCCCCC(=O)O)cc32)cc1C. The Labute approximate surface area is 193 Å². The van der Waals surface area contributed by atoms with E-state index in [1.165, 1.54) is 11.1 Å². The van der Waals surface area contributed by atoms with Crippen LogP contribution in [0.3, 0.4) is 0 Å². The third-order valence-corrected chi connectivity index (χ3v) is 5.86. The van der Waals surface area contributed by atoms with E-state index in [2.05, 4.69) is 48.7 Å². The van der Waals surface area contributed by atoms with Crippen LogP contribution in [-0.4, -0.2) is 27.2 Å². The minimum atomic E-state index is -0.764. The first kappa shape index (κ1) is 22.4. The summed E-state index contributed by atoms with van der Waals surface area (Å²) in [6.07, 6.45) is 2.41. The number of nitrogens with zero attached hydrogens (tertiary/aromatic N) is 2. The molecular formula is C27H29N3O3. The normalized spacial score (nSPS) is 11.1. The second kappa shape index (κ2) is 9.77. The van der Waals surface area contributed by atoms with E-state index in [0.29, 0.717) is 24.5 Å². The summed E-state index contributed by atoms with van der Waals surface area (Å²) in [5.41, 5.74) is 13.1. The molecule has 0 fully saturated rings. The molecule has 4 rings (SSSR count).